The molecule has 3 heterocycles. The maximum Gasteiger partial charge on any atom is 0.201 e. The molecule has 0 aliphatic carbocycles. The maximum absolute atomic E-state index is 11.8. The van der Waals surface area contributed by atoms with Crippen LogP contribution in [0, 0.1) is 0 Å². The quantitative estimate of drug-likeness (QED) is 0.275. The smallest absolute Gasteiger partial charge is 0.201 e. The zero-order valence-electron chi connectivity index (χ0n) is 26.5. The molecule has 7 rings (SSSR count). The van der Waals surface area contributed by atoms with Crippen LogP contribution in [0.5, 0.6) is 40.2 Å². The van der Waals surface area contributed by atoms with Crippen molar-refractivity contribution in [3.8, 4) is 51.4 Å². The number of hydrogen-bond acceptors (Lipinski definition) is 8. The van der Waals surface area contributed by atoms with E-state index in [2.05, 4.69) is 48.2 Å². The normalized spacial score (nSPS) is 19.3. The molecule has 2 atom stereocenters. The van der Waals surface area contributed by atoms with Gasteiger partial charge in [-0.05, 0) is 98.4 Å². The molecule has 0 saturated carbocycles. The monoisotopic (exact) mass is 608 g/mol. The van der Waals surface area contributed by atoms with Gasteiger partial charge in [-0.2, -0.15) is 0 Å². The Morgan fingerprint density at radius 2 is 1.22 bits per heavy atom. The first kappa shape index (κ1) is 29.3. The summed E-state index contributed by atoms with van der Waals surface area (Å²) in [5, 5.41) is 22.9. The number of ether oxygens (including phenoxy) is 4. The van der Waals surface area contributed by atoms with Crippen molar-refractivity contribution in [3.05, 3.63) is 88.0 Å². The molecular formula is C37H40N2O6. The van der Waals surface area contributed by atoms with Crippen LogP contribution >= 0.6 is 0 Å². The molecular weight excluding hydrogens is 568 g/mol. The minimum atomic E-state index is -0.101. The van der Waals surface area contributed by atoms with E-state index in [0.29, 0.717) is 41.6 Å². The van der Waals surface area contributed by atoms with E-state index in [-0.39, 0.29) is 23.6 Å². The van der Waals surface area contributed by atoms with Crippen LogP contribution in [0.2, 0.25) is 0 Å². The molecule has 4 bridgehead atoms. The number of aromatic hydroxyl groups is 2. The second-order valence-corrected chi connectivity index (χ2v) is 12.4. The largest absolute Gasteiger partial charge is 0.507 e. The second-order valence-electron chi connectivity index (χ2n) is 12.4. The predicted octanol–water partition coefficient (Wildman–Crippen LogP) is 6.44. The van der Waals surface area contributed by atoms with Crippen LogP contribution in [-0.2, 0) is 25.7 Å². The van der Waals surface area contributed by atoms with Crippen LogP contribution in [0.4, 0.5) is 0 Å². The molecule has 0 unspecified atom stereocenters. The van der Waals surface area contributed by atoms with Crippen molar-refractivity contribution in [2.45, 2.75) is 37.8 Å². The van der Waals surface area contributed by atoms with Gasteiger partial charge in [0.05, 0.1) is 21.3 Å². The lowest BCUT2D eigenvalue weighted by molar-refractivity contribution is 0.215. The van der Waals surface area contributed by atoms with E-state index in [4.69, 9.17) is 18.9 Å². The molecule has 4 aromatic rings. The lowest BCUT2D eigenvalue weighted by atomic mass is 9.87. The van der Waals surface area contributed by atoms with Crippen LogP contribution in [0.15, 0.2) is 54.6 Å². The van der Waals surface area contributed by atoms with Crippen LogP contribution in [0.25, 0.3) is 11.1 Å². The second kappa shape index (κ2) is 11.5. The Morgan fingerprint density at radius 3 is 1.89 bits per heavy atom. The SMILES string of the molecule is COc1ccc2cc1-c1cc(ccc1O)C[C@H]1c3c(ccc(OC)c3Oc3c(O)c(OC)cc4c3[C@@H](C2)N(C)CC4)CCN1C. The number of methoxy groups -OCH3 is 3. The third-order valence-electron chi connectivity index (χ3n) is 9.91. The topological polar surface area (TPSA) is 83.9 Å². The highest BCUT2D eigenvalue weighted by atomic mass is 16.5. The molecule has 45 heavy (non-hydrogen) atoms. The van der Waals surface area contributed by atoms with Crippen LogP contribution in [0.3, 0.4) is 0 Å². The zero-order valence-corrected chi connectivity index (χ0v) is 26.5. The summed E-state index contributed by atoms with van der Waals surface area (Å²) in [4.78, 5) is 4.66. The summed E-state index contributed by atoms with van der Waals surface area (Å²) in [5.41, 5.74) is 8.00. The number of nitrogens with zero attached hydrogens (tertiary/aromatic N) is 2. The minimum absolute atomic E-state index is 0.0202. The van der Waals surface area contributed by atoms with Crippen molar-refractivity contribution in [1.29, 1.82) is 0 Å². The lowest BCUT2D eigenvalue weighted by Crippen LogP contribution is -2.34. The van der Waals surface area contributed by atoms with E-state index in [9.17, 15) is 10.2 Å². The minimum Gasteiger partial charge on any atom is -0.507 e. The molecule has 4 aromatic carbocycles. The van der Waals surface area contributed by atoms with E-state index >= 15 is 0 Å². The zero-order chi connectivity index (χ0) is 31.4. The molecule has 0 spiro atoms. The van der Waals surface area contributed by atoms with Gasteiger partial charge in [0.2, 0.25) is 5.75 Å². The van der Waals surface area contributed by atoms with Gasteiger partial charge in [0.15, 0.2) is 23.0 Å². The Morgan fingerprint density at radius 1 is 0.644 bits per heavy atom. The van der Waals surface area contributed by atoms with Gasteiger partial charge in [-0.15, -0.1) is 0 Å². The van der Waals surface area contributed by atoms with Crippen molar-refractivity contribution < 1.29 is 29.2 Å². The third-order valence-corrected chi connectivity index (χ3v) is 9.91. The number of phenols is 2. The Hall–Kier alpha value is -4.40. The summed E-state index contributed by atoms with van der Waals surface area (Å²) in [6, 6.07) is 17.9. The van der Waals surface area contributed by atoms with Gasteiger partial charge in [0.1, 0.15) is 11.5 Å². The van der Waals surface area contributed by atoms with Crippen molar-refractivity contribution in [2.24, 2.45) is 0 Å². The first-order chi connectivity index (χ1) is 21.8. The third kappa shape index (κ3) is 4.93. The molecule has 0 radical (unpaired) electrons. The van der Waals surface area contributed by atoms with Crippen LogP contribution < -0.4 is 18.9 Å². The Balaban J connectivity index is 1.55. The summed E-state index contributed by atoms with van der Waals surface area (Å²) in [6.07, 6.45) is 2.98. The molecule has 8 heteroatoms. The molecule has 0 fully saturated rings. The van der Waals surface area contributed by atoms with E-state index in [0.717, 1.165) is 64.9 Å². The highest BCUT2D eigenvalue weighted by molar-refractivity contribution is 5.77. The van der Waals surface area contributed by atoms with Gasteiger partial charge in [0, 0.05) is 47.4 Å². The Kier molecular flexibility index (Phi) is 7.50. The standard InChI is InChI=1S/C37H40N2O6/c1-38-14-12-23-8-11-31(43-4)36-33(23)27(38)18-21-6-9-29(40)25(16-21)26-17-22(7-10-30(26)42-3)19-28-34-24(13-15-39(28)2)20-32(44-5)35(41)37(34)45-36/h6-11,16-17,20,27-28,40-41H,12-15,18-19H2,1-5H3/t27-,28+/m0/s1. The molecule has 2 N–H and O–H groups in total. The van der Waals surface area contributed by atoms with Crippen molar-refractivity contribution >= 4 is 0 Å². The van der Waals surface area contributed by atoms with E-state index in [1.54, 1.807) is 27.4 Å². The van der Waals surface area contributed by atoms with E-state index in [1.807, 2.05) is 24.3 Å². The summed E-state index contributed by atoms with van der Waals surface area (Å²) in [6.45, 7) is 1.73. The molecule has 0 saturated heterocycles. The van der Waals surface area contributed by atoms with Gasteiger partial charge in [0.25, 0.3) is 0 Å². The average molecular weight is 609 g/mol. The van der Waals surface area contributed by atoms with Crippen molar-refractivity contribution in [2.75, 3.05) is 48.5 Å². The number of fused-ring (bicyclic) bond motifs is 5. The van der Waals surface area contributed by atoms with Gasteiger partial charge in [-0.1, -0.05) is 18.2 Å². The van der Waals surface area contributed by atoms with Gasteiger partial charge < -0.3 is 29.2 Å². The number of benzene rings is 4. The fourth-order valence-electron chi connectivity index (χ4n) is 7.42. The molecule has 234 valence electrons. The van der Waals surface area contributed by atoms with Crippen LogP contribution in [-0.4, -0.2) is 68.5 Å². The molecule has 0 aromatic heterocycles. The predicted molar refractivity (Wildman–Crippen MR) is 173 cm³/mol. The molecule has 3 aliphatic heterocycles. The van der Waals surface area contributed by atoms with Gasteiger partial charge in [-0.3, -0.25) is 9.80 Å². The molecule has 0 amide bonds. The average Bonchev–Trinajstić information content (AvgIpc) is 3.05. The maximum atomic E-state index is 11.8. The first-order valence-corrected chi connectivity index (χ1v) is 15.5. The fraction of sp³-hybridized carbons (Fsp3) is 0.351. The Labute approximate surface area is 264 Å². The van der Waals surface area contributed by atoms with E-state index < -0.39 is 0 Å². The van der Waals surface area contributed by atoms with Gasteiger partial charge in [-0.25, -0.2) is 0 Å². The summed E-state index contributed by atoms with van der Waals surface area (Å²) in [7, 11) is 9.14. The number of likely N-dealkylation sites (N-methyl/N-ethyl adjacent to an activating group) is 2. The highest BCUT2D eigenvalue weighted by Crippen LogP contribution is 2.53. The highest BCUT2D eigenvalue weighted by Gasteiger charge is 2.36. The number of hydrogen-bond donors (Lipinski definition) is 2. The summed E-state index contributed by atoms with van der Waals surface area (Å²) < 4.78 is 24.4. The number of rotatable bonds is 3. The summed E-state index contributed by atoms with van der Waals surface area (Å²) >= 11 is 0. The van der Waals surface area contributed by atoms with Gasteiger partial charge >= 0.3 is 0 Å². The van der Waals surface area contributed by atoms with E-state index in [1.165, 1.54) is 5.56 Å². The molecule has 8 nitrogen and oxygen atoms in total. The van der Waals surface area contributed by atoms with Crippen molar-refractivity contribution in [1.82, 2.24) is 9.80 Å². The van der Waals surface area contributed by atoms with Crippen molar-refractivity contribution in [3.63, 3.8) is 0 Å². The summed E-state index contributed by atoms with van der Waals surface area (Å²) in [5.74, 6) is 2.90. The molecule has 3 aliphatic rings. The fourth-order valence-corrected chi connectivity index (χ4v) is 7.42. The van der Waals surface area contributed by atoms with Crippen LogP contribution in [0.1, 0.15) is 45.5 Å². The Bertz CT molecular complexity index is 1790. The lowest BCUT2D eigenvalue weighted by Gasteiger charge is -2.38. The number of phenolic OH excluding ortho intramolecular Hbond substituents is 2. The first-order valence-electron chi connectivity index (χ1n) is 15.5.